The van der Waals surface area contributed by atoms with Gasteiger partial charge in [0.1, 0.15) is 0 Å². The summed E-state index contributed by atoms with van der Waals surface area (Å²) in [5.41, 5.74) is 31.4. The fraction of sp³-hybridized carbons (Fsp3) is 0.0201. The van der Waals surface area contributed by atoms with E-state index >= 15 is 0 Å². The lowest BCUT2D eigenvalue weighted by Crippen LogP contribution is -2.14. The zero-order valence-corrected chi connectivity index (χ0v) is 83.1. The average molecular weight is 1900 g/mol. The third kappa shape index (κ3) is 15.3. The molecule has 150 heavy (non-hydrogen) atoms. The van der Waals surface area contributed by atoms with Crippen molar-refractivity contribution in [1.82, 2.24) is 0 Å². The smallest absolute Gasteiger partial charge is 0.0468 e. The summed E-state index contributed by atoms with van der Waals surface area (Å²) in [6.07, 6.45) is 0. The molecule has 0 fully saturated rings. The number of para-hydroxylation sites is 2. The van der Waals surface area contributed by atoms with E-state index in [-0.39, 0.29) is 5.41 Å². The van der Waals surface area contributed by atoms with E-state index in [0.29, 0.717) is 0 Å². The molecule has 29 aromatic rings. The highest BCUT2D eigenvalue weighted by atomic mass is 15.1. The molecule has 30 rings (SSSR count). The minimum absolute atomic E-state index is 0.0471. The van der Waals surface area contributed by atoms with E-state index in [1.165, 1.54) is 273 Å². The van der Waals surface area contributed by atoms with Crippen LogP contribution in [0.4, 0.5) is 17.1 Å². The monoisotopic (exact) mass is 1900 g/mol. The van der Waals surface area contributed by atoms with Crippen LogP contribution in [0.15, 0.2) is 564 Å². The number of rotatable bonds is 12. The number of hydrogen-bond donors (Lipinski definition) is 0. The van der Waals surface area contributed by atoms with Gasteiger partial charge in [0.25, 0.3) is 0 Å². The summed E-state index contributed by atoms with van der Waals surface area (Å²) in [4.78, 5) is 2.36. The molecule has 0 bridgehead atoms. The Kier molecular flexibility index (Phi) is 21.7. The first kappa shape index (κ1) is 88.5. The van der Waals surface area contributed by atoms with Gasteiger partial charge in [-0.2, -0.15) is 0 Å². The van der Waals surface area contributed by atoms with Crippen LogP contribution in [0.1, 0.15) is 25.0 Å². The predicted octanol–water partition coefficient (Wildman–Crippen LogP) is 42.0. The fourth-order valence-electron chi connectivity index (χ4n) is 24.8. The Morgan fingerprint density at radius 1 is 0.120 bits per heavy atom. The molecule has 1 aliphatic rings. The first-order valence-electron chi connectivity index (χ1n) is 52.2. The van der Waals surface area contributed by atoms with Crippen LogP contribution < -0.4 is 4.90 Å². The van der Waals surface area contributed by atoms with Crippen LogP contribution in [0.3, 0.4) is 0 Å². The Labute approximate surface area is 872 Å². The number of hydrogen-bond acceptors (Lipinski definition) is 1. The molecular formula is C149H99N. The summed E-state index contributed by atoms with van der Waals surface area (Å²) in [6, 6.07) is 208. The average Bonchev–Trinajstić information content (AvgIpc) is 0.824. The van der Waals surface area contributed by atoms with Gasteiger partial charge in [0.05, 0.1) is 0 Å². The van der Waals surface area contributed by atoms with Crippen molar-refractivity contribution in [2.24, 2.45) is 0 Å². The maximum Gasteiger partial charge on any atom is 0.0468 e. The summed E-state index contributed by atoms with van der Waals surface area (Å²) in [5.74, 6) is 0. The standard InChI is InChI=1S/C54H34.C49H34.C46H31N/c1-2-16-37(17-3-1)51-43-20-8-10-22-45(43)53(46-23-11-9-21-44(46)51)42-30-31-49-50(34-42)54(41-29-27-36-15-5-7-19-39(36)33-41)48-25-13-12-24-47(48)52(49)40-28-26-35-14-4-6-18-38(35)32-40;1-49(2)45-18-10-9-15-39(45)40-25-23-36(30-46(40)49)35-24-26-43-44(29-35)48(38-22-20-32-12-4-6-14-34(32)28-38)42-17-8-7-16-41(42)47(43)37-21-19-31-11-3-5-13-33(31)27-37;1-3-17-38(18-4-1)47(39-19-5-2-6-20-39)40-27-28-43-44(31-40)46(37-26-24-33-14-8-10-16-35(33)30-37)42-22-12-11-21-41(42)45(43)36-25-23-32-13-7-9-15-34(32)29-36/h1-34H;3-30H,1-2H3;1-31H. The normalized spacial score (nSPS) is 12.1. The predicted molar refractivity (Wildman–Crippen MR) is 646 cm³/mol. The lowest BCUT2D eigenvalue weighted by molar-refractivity contribution is 0.660. The SMILES string of the molecule is CC1(C)c2ccccc2-c2ccc(-c3ccc4c(-c5ccc6ccccc6c5)c5ccccc5c(-c5ccc6ccccc6c5)c4c3)cc21.c1ccc(-c2c3ccccc3c(-c3ccc4c(-c5ccc6ccccc6c5)c5ccccc5c(-c5ccc6ccccc6c5)c4c3)c3ccccc23)cc1.c1ccc(N(c2ccccc2)c2ccc3c(-c4ccc5ccccc5c4)c4ccccc4c(-c4ccc5ccccc5c4)c3c2)cc1. The van der Waals surface area contributed by atoms with Crippen molar-refractivity contribution in [3.8, 4) is 111 Å². The Hall–Kier alpha value is -19.2. The first-order chi connectivity index (χ1) is 74.2. The molecule has 0 unspecified atom stereocenters. The van der Waals surface area contributed by atoms with E-state index in [2.05, 4.69) is 583 Å². The van der Waals surface area contributed by atoms with Crippen LogP contribution in [0.2, 0.25) is 0 Å². The molecule has 1 heteroatoms. The number of anilines is 3. The van der Waals surface area contributed by atoms with E-state index < -0.39 is 0 Å². The van der Waals surface area contributed by atoms with Crippen LogP contribution in [-0.4, -0.2) is 0 Å². The highest BCUT2D eigenvalue weighted by Gasteiger charge is 2.36. The Balaban J connectivity index is 0.000000108. The lowest BCUT2D eigenvalue weighted by Gasteiger charge is -2.27. The Morgan fingerprint density at radius 3 is 0.667 bits per heavy atom. The van der Waals surface area contributed by atoms with Gasteiger partial charge in [-0.15, -0.1) is 0 Å². The van der Waals surface area contributed by atoms with Gasteiger partial charge in [0, 0.05) is 22.5 Å². The van der Waals surface area contributed by atoms with E-state index in [4.69, 9.17) is 0 Å². The third-order valence-electron chi connectivity index (χ3n) is 31.8. The molecule has 0 spiro atoms. The summed E-state index contributed by atoms with van der Waals surface area (Å²) < 4.78 is 0. The van der Waals surface area contributed by atoms with Gasteiger partial charge in [0.15, 0.2) is 0 Å². The molecule has 1 nitrogen and oxygen atoms in total. The molecule has 0 radical (unpaired) electrons. The van der Waals surface area contributed by atoms with Gasteiger partial charge in [-0.3, -0.25) is 0 Å². The second-order valence-corrected chi connectivity index (χ2v) is 40.7. The van der Waals surface area contributed by atoms with Crippen LogP contribution >= 0.6 is 0 Å². The van der Waals surface area contributed by atoms with E-state index in [0.717, 1.165) is 17.1 Å². The number of nitrogens with zero attached hydrogens (tertiary/aromatic N) is 1. The minimum Gasteiger partial charge on any atom is -0.310 e. The molecule has 0 saturated carbocycles. The second-order valence-electron chi connectivity index (χ2n) is 40.7. The van der Waals surface area contributed by atoms with Gasteiger partial charge >= 0.3 is 0 Å². The van der Waals surface area contributed by atoms with Crippen LogP contribution in [-0.2, 0) is 5.41 Å². The molecule has 0 N–H and O–H groups in total. The molecule has 0 saturated heterocycles. The maximum atomic E-state index is 2.48. The van der Waals surface area contributed by atoms with Crippen molar-refractivity contribution in [2.45, 2.75) is 19.3 Å². The molecule has 29 aromatic carbocycles. The minimum atomic E-state index is -0.0471. The molecule has 0 aromatic heterocycles. The summed E-state index contributed by atoms with van der Waals surface area (Å²) in [6.45, 7) is 4.73. The van der Waals surface area contributed by atoms with Crippen molar-refractivity contribution in [3.05, 3.63) is 575 Å². The summed E-state index contributed by atoms with van der Waals surface area (Å²) in [7, 11) is 0. The molecule has 1 aliphatic carbocycles. The first-order valence-corrected chi connectivity index (χ1v) is 52.2. The van der Waals surface area contributed by atoms with Gasteiger partial charge in [0.2, 0.25) is 0 Å². The quantitative estimate of drug-likeness (QED) is 0.110. The zero-order chi connectivity index (χ0) is 99.4. The highest BCUT2D eigenvalue weighted by Crippen LogP contribution is 2.55. The van der Waals surface area contributed by atoms with Gasteiger partial charge in [-0.25, -0.2) is 0 Å². The van der Waals surface area contributed by atoms with Gasteiger partial charge in [-0.05, 0) is 364 Å². The van der Waals surface area contributed by atoms with Crippen LogP contribution in [0, 0.1) is 0 Å². The Morgan fingerprint density at radius 2 is 0.333 bits per heavy atom. The van der Waals surface area contributed by atoms with E-state index in [1.807, 2.05) is 0 Å². The molecule has 0 heterocycles. The summed E-state index contributed by atoms with van der Waals surface area (Å²) >= 11 is 0. The van der Waals surface area contributed by atoms with Crippen molar-refractivity contribution in [3.63, 3.8) is 0 Å². The molecule has 0 aliphatic heterocycles. The maximum absolute atomic E-state index is 2.48. The van der Waals surface area contributed by atoms with Gasteiger partial charge in [-0.1, -0.05) is 487 Å². The number of benzene rings is 29. The van der Waals surface area contributed by atoms with Crippen molar-refractivity contribution >= 4 is 168 Å². The molecule has 700 valence electrons. The van der Waals surface area contributed by atoms with Crippen molar-refractivity contribution in [2.75, 3.05) is 4.90 Å². The highest BCUT2D eigenvalue weighted by molar-refractivity contribution is 6.28. The Bertz CT molecular complexity index is 10400. The lowest BCUT2D eigenvalue weighted by atomic mass is 9.81. The second kappa shape index (κ2) is 36.8. The van der Waals surface area contributed by atoms with E-state index in [9.17, 15) is 0 Å². The van der Waals surface area contributed by atoms with Gasteiger partial charge < -0.3 is 4.90 Å². The van der Waals surface area contributed by atoms with Crippen molar-refractivity contribution in [1.29, 1.82) is 0 Å². The van der Waals surface area contributed by atoms with Crippen LogP contribution in [0.25, 0.3) is 262 Å². The van der Waals surface area contributed by atoms with Crippen molar-refractivity contribution < 1.29 is 0 Å². The summed E-state index contributed by atoms with van der Waals surface area (Å²) in [5, 5.41) is 35.2. The molecular weight excluding hydrogens is 1800 g/mol. The third-order valence-corrected chi connectivity index (χ3v) is 31.8. The zero-order valence-electron chi connectivity index (χ0n) is 83.1. The fourth-order valence-corrected chi connectivity index (χ4v) is 24.8. The van der Waals surface area contributed by atoms with E-state index in [1.54, 1.807) is 0 Å². The largest absolute Gasteiger partial charge is 0.310 e. The molecule has 0 amide bonds. The number of fused-ring (bicyclic) bond motifs is 17. The molecule has 0 atom stereocenters. The van der Waals surface area contributed by atoms with Crippen LogP contribution in [0.5, 0.6) is 0 Å². The topological polar surface area (TPSA) is 3.24 Å².